The predicted molar refractivity (Wildman–Crippen MR) is 96.2 cm³/mol. The second-order valence-corrected chi connectivity index (χ2v) is 5.66. The maximum Gasteiger partial charge on any atom is 0.336 e. The second kappa shape index (κ2) is 8.86. The van der Waals surface area contributed by atoms with Crippen molar-refractivity contribution >= 4 is 6.03 Å². The van der Waals surface area contributed by atoms with Gasteiger partial charge in [0, 0.05) is 18.3 Å². The van der Waals surface area contributed by atoms with Gasteiger partial charge in [0.05, 0.1) is 12.7 Å². The molecule has 0 aliphatic heterocycles. The van der Waals surface area contributed by atoms with Crippen molar-refractivity contribution in [1.29, 1.82) is 0 Å². The van der Waals surface area contributed by atoms with Crippen molar-refractivity contribution in [3.8, 4) is 16.9 Å². The molecule has 0 aliphatic rings. The summed E-state index contributed by atoms with van der Waals surface area (Å²) < 4.78 is 6.12. The van der Waals surface area contributed by atoms with E-state index in [4.69, 9.17) is 4.74 Å². The molecule has 1 aromatic heterocycles. The van der Waals surface area contributed by atoms with Crippen LogP contribution in [0.1, 0.15) is 32.6 Å². The molecule has 0 fully saturated rings. The van der Waals surface area contributed by atoms with Crippen LogP contribution in [0.2, 0.25) is 0 Å². The Kier molecular flexibility index (Phi) is 6.56. The van der Waals surface area contributed by atoms with E-state index in [2.05, 4.69) is 17.2 Å². The molecule has 0 saturated heterocycles. The number of rotatable bonds is 7. The zero-order valence-electron chi connectivity index (χ0n) is 14.5. The number of benzene rings is 1. The molecular formula is C18H23N3O4. The summed E-state index contributed by atoms with van der Waals surface area (Å²) >= 11 is 0. The topological polar surface area (TPSA) is 93.2 Å². The van der Waals surface area contributed by atoms with Crippen molar-refractivity contribution in [2.75, 3.05) is 13.7 Å². The number of ether oxygens (including phenoxy) is 1. The lowest BCUT2D eigenvalue weighted by Gasteiger charge is -2.10. The van der Waals surface area contributed by atoms with Gasteiger partial charge in [-0.15, -0.1) is 0 Å². The van der Waals surface area contributed by atoms with Crippen molar-refractivity contribution in [3.05, 3.63) is 51.3 Å². The lowest BCUT2D eigenvalue weighted by Crippen LogP contribution is -2.40. The van der Waals surface area contributed by atoms with Gasteiger partial charge in [-0.25, -0.2) is 14.2 Å². The molecule has 2 aromatic rings. The van der Waals surface area contributed by atoms with Crippen LogP contribution in [0.15, 0.2) is 40.1 Å². The van der Waals surface area contributed by atoms with Gasteiger partial charge in [0.2, 0.25) is 0 Å². The standard InChI is InChI=1S/C18H23N3O4/c1-3-4-5-8-11-19-17(23)21-12-14(16(22)20-18(21)24)13-9-6-7-10-15(13)25-2/h6-7,9-10,12H,3-5,8,11H2,1-2H3,(H,19,23)(H,20,22,24). The Morgan fingerprint density at radius 2 is 1.92 bits per heavy atom. The first kappa shape index (κ1) is 18.5. The summed E-state index contributed by atoms with van der Waals surface area (Å²) in [4.78, 5) is 38.6. The van der Waals surface area contributed by atoms with Crippen molar-refractivity contribution in [1.82, 2.24) is 14.9 Å². The van der Waals surface area contributed by atoms with E-state index in [9.17, 15) is 14.4 Å². The monoisotopic (exact) mass is 345 g/mol. The molecule has 7 nitrogen and oxygen atoms in total. The van der Waals surface area contributed by atoms with E-state index in [1.807, 2.05) is 0 Å². The zero-order chi connectivity index (χ0) is 18.2. The highest BCUT2D eigenvalue weighted by Gasteiger charge is 2.14. The number of aromatic amines is 1. The van der Waals surface area contributed by atoms with Crippen LogP contribution in [0.3, 0.4) is 0 Å². The normalized spacial score (nSPS) is 10.5. The Hall–Kier alpha value is -2.83. The second-order valence-electron chi connectivity index (χ2n) is 5.66. The van der Waals surface area contributed by atoms with E-state index >= 15 is 0 Å². The Balaban J connectivity index is 2.27. The van der Waals surface area contributed by atoms with Crippen LogP contribution < -0.4 is 21.3 Å². The fourth-order valence-corrected chi connectivity index (χ4v) is 2.51. The molecule has 0 spiro atoms. The number of H-pyrrole nitrogens is 1. The molecule has 134 valence electrons. The molecule has 0 saturated carbocycles. The van der Waals surface area contributed by atoms with Gasteiger partial charge in [0.15, 0.2) is 0 Å². The minimum absolute atomic E-state index is 0.193. The van der Waals surface area contributed by atoms with Crippen LogP contribution in [0.5, 0.6) is 5.75 Å². The number of hydrogen-bond acceptors (Lipinski definition) is 4. The summed E-state index contributed by atoms with van der Waals surface area (Å²) in [6.07, 6.45) is 5.32. The molecule has 2 N–H and O–H groups in total. The third kappa shape index (κ3) is 4.59. The summed E-state index contributed by atoms with van der Waals surface area (Å²) in [5.41, 5.74) is -0.634. The highest BCUT2D eigenvalue weighted by atomic mass is 16.5. The lowest BCUT2D eigenvalue weighted by molar-refractivity contribution is 0.241. The van der Waals surface area contributed by atoms with Crippen LogP contribution in [0.4, 0.5) is 4.79 Å². The Morgan fingerprint density at radius 1 is 1.16 bits per heavy atom. The number of unbranched alkanes of at least 4 members (excludes halogenated alkanes) is 3. The minimum Gasteiger partial charge on any atom is -0.496 e. The summed E-state index contributed by atoms with van der Waals surface area (Å²) in [5, 5.41) is 2.70. The smallest absolute Gasteiger partial charge is 0.336 e. The summed E-state index contributed by atoms with van der Waals surface area (Å²) in [5.74, 6) is 0.484. The summed E-state index contributed by atoms with van der Waals surface area (Å²) in [7, 11) is 1.49. The van der Waals surface area contributed by atoms with Gasteiger partial charge in [0.25, 0.3) is 5.56 Å². The first-order valence-electron chi connectivity index (χ1n) is 8.36. The van der Waals surface area contributed by atoms with Crippen LogP contribution in [0, 0.1) is 0 Å². The molecule has 0 radical (unpaired) electrons. The first-order valence-corrected chi connectivity index (χ1v) is 8.36. The quantitative estimate of drug-likeness (QED) is 0.753. The van der Waals surface area contributed by atoms with Crippen LogP contribution in [-0.2, 0) is 0 Å². The van der Waals surface area contributed by atoms with E-state index in [-0.39, 0.29) is 5.56 Å². The van der Waals surface area contributed by atoms with E-state index in [1.165, 1.54) is 13.3 Å². The molecule has 1 heterocycles. The van der Waals surface area contributed by atoms with E-state index in [0.29, 0.717) is 17.9 Å². The van der Waals surface area contributed by atoms with Gasteiger partial charge in [0.1, 0.15) is 5.75 Å². The van der Waals surface area contributed by atoms with Crippen molar-refractivity contribution in [2.24, 2.45) is 0 Å². The number of nitrogens with zero attached hydrogens (tertiary/aromatic N) is 1. The number of hydrogen-bond donors (Lipinski definition) is 2. The van der Waals surface area contributed by atoms with E-state index in [1.54, 1.807) is 24.3 Å². The molecule has 25 heavy (non-hydrogen) atoms. The Labute approximate surface area is 145 Å². The molecular weight excluding hydrogens is 322 g/mol. The van der Waals surface area contributed by atoms with Crippen molar-refractivity contribution < 1.29 is 9.53 Å². The zero-order valence-corrected chi connectivity index (χ0v) is 14.5. The first-order chi connectivity index (χ1) is 12.1. The molecule has 0 atom stereocenters. The molecule has 1 aromatic carbocycles. The molecule has 1 amide bonds. The van der Waals surface area contributed by atoms with Crippen molar-refractivity contribution in [3.63, 3.8) is 0 Å². The van der Waals surface area contributed by atoms with Gasteiger partial charge < -0.3 is 10.1 Å². The maximum absolute atomic E-state index is 12.2. The third-order valence-corrected chi connectivity index (χ3v) is 3.86. The molecule has 0 bridgehead atoms. The van der Waals surface area contributed by atoms with Gasteiger partial charge in [-0.1, -0.05) is 44.4 Å². The highest BCUT2D eigenvalue weighted by molar-refractivity contribution is 5.78. The number of para-hydroxylation sites is 1. The summed E-state index contributed by atoms with van der Waals surface area (Å²) in [6.45, 7) is 2.59. The maximum atomic E-state index is 12.2. The average Bonchev–Trinajstić information content (AvgIpc) is 2.61. The van der Waals surface area contributed by atoms with Gasteiger partial charge in [-0.2, -0.15) is 0 Å². The van der Waals surface area contributed by atoms with Crippen LogP contribution in [0.25, 0.3) is 11.1 Å². The van der Waals surface area contributed by atoms with Gasteiger partial charge in [-0.05, 0) is 12.5 Å². The Morgan fingerprint density at radius 3 is 2.64 bits per heavy atom. The molecule has 7 heteroatoms. The number of methoxy groups -OCH3 is 1. The molecule has 2 rings (SSSR count). The predicted octanol–water partition coefficient (Wildman–Crippen LogP) is 2.35. The fourth-order valence-electron chi connectivity index (χ4n) is 2.51. The fraction of sp³-hybridized carbons (Fsp3) is 0.389. The van der Waals surface area contributed by atoms with Gasteiger partial charge >= 0.3 is 11.7 Å². The number of aromatic nitrogens is 2. The van der Waals surface area contributed by atoms with Crippen molar-refractivity contribution in [2.45, 2.75) is 32.6 Å². The number of carbonyl (C=O) groups excluding carboxylic acids is 1. The summed E-state index contributed by atoms with van der Waals surface area (Å²) in [6, 6.07) is 6.36. The number of nitrogens with one attached hydrogen (secondary N) is 2. The average molecular weight is 345 g/mol. The number of carbonyl (C=O) groups is 1. The van der Waals surface area contributed by atoms with E-state index in [0.717, 1.165) is 30.3 Å². The molecule has 0 unspecified atom stereocenters. The highest BCUT2D eigenvalue weighted by Crippen LogP contribution is 2.26. The SMILES string of the molecule is CCCCCCNC(=O)n1cc(-c2ccccc2OC)c(=O)[nH]c1=O. The number of amides is 1. The van der Waals surface area contributed by atoms with Crippen LogP contribution >= 0.6 is 0 Å². The minimum atomic E-state index is -0.769. The lowest BCUT2D eigenvalue weighted by atomic mass is 10.1. The van der Waals surface area contributed by atoms with Gasteiger partial charge in [-0.3, -0.25) is 9.78 Å². The third-order valence-electron chi connectivity index (χ3n) is 3.86. The largest absolute Gasteiger partial charge is 0.496 e. The van der Waals surface area contributed by atoms with Crippen LogP contribution in [-0.4, -0.2) is 29.2 Å². The van der Waals surface area contributed by atoms with E-state index < -0.39 is 17.3 Å². The Bertz CT molecular complexity index is 839. The molecule has 0 aliphatic carbocycles.